The molecule has 31 heavy (non-hydrogen) atoms. The van der Waals surface area contributed by atoms with E-state index in [-0.39, 0.29) is 16.4 Å². The van der Waals surface area contributed by atoms with E-state index in [9.17, 15) is 27.3 Å². The van der Waals surface area contributed by atoms with E-state index in [4.69, 9.17) is 11.6 Å². The van der Waals surface area contributed by atoms with Gasteiger partial charge in [-0.1, -0.05) is 29.8 Å². The van der Waals surface area contributed by atoms with Gasteiger partial charge in [0.05, 0.1) is 33.1 Å². The van der Waals surface area contributed by atoms with E-state index in [2.05, 4.69) is 15.2 Å². The van der Waals surface area contributed by atoms with Crippen molar-refractivity contribution in [2.45, 2.75) is 4.90 Å². The van der Waals surface area contributed by atoms with E-state index in [1.807, 2.05) is 0 Å². The summed E-state index contributed by atoms with van der Waals surface area (Å²) in [6.07, 6.45) is 0.823. The number of nitrogens with one attached hydrogen (secondary N) is 2. The molecular formula is C19H13ClF2N4O4S. The van der Waals surface area contributed by atoms with Gasteiger partial charge >= 0.3 is 0 Å². The molecule has 0 aliphatic rings. The van der Waals surface area contributed by atoms with Crippen molar-refractivity contribution < 1.29 is 22.1 Å². The van der Waals surface area contributed by atoms with Crippen LogP contribution in [0.25, 0.3) is 0 Å². The van der Waals surface area contributed by atoms with Gasteiger partial charge < -0.3 is 0 Å². The predicted molar refractivity (Wildman–Crippen MR) is 113 cm³/mol. The number of nitro groups is 1. The molecule has 3 aromatic carbocycles. The molecule has 0 radical (unpaired) electrons. The van der Waals surface area contributed by atoms with Crippen molar-refractivity contribution in [3.63, 3.8) is 0 Å². The van der Waals surface area contributed by atoms with Gasteiger partial charge in [-0.05, 0) is 30.3 Å². The third-order valence-electron chi connectivity index (χ3n) is 3.96. The van der Waals surface area contributed by atoms with Crippen molar-refractivity contribution in [1.82, 2.24) is 0 Å². The predicted octanol–water partition coefficient (Wildman–Crippen LogP) is 4.77. The number of rotatable bonds is 7. The summed E-state index contributed by atoms with van der Waals surface area (Å²) in [7, 11) is -4.36. The Hall–Kier alpha value is -3.57. The fourth-order valence-electron chi connectivity index (χ4n) is 2.48. The van der Waals surface area contributed by atoms with Crippen LogP contribution in [0, 0.1) is 21.7 Å². The maximum Gasteiger partial charge on any atom is 0.270 e. The van der Waals surface area contributed by atoms with Crippen molar-refractivity contribution >= 4 is 44.9 Å². The fourth-order valence-corrected chi connectivity index (χ4v) is 3.98. The van der Waals surface area contributed by atoms with E-state index in [0.717, 1.165) is 36.5 Å². The van der Waals surface area contributed by atoms with E-state index in [1.54, 1.807) is 12.1 Å². The molecule has 0 atom stereocenters. The van der Waals surface area contributed by atoms with Gasteiger partial charge in [-0.25, -0.2) is 17.2 Å². The molecule has 160 valence electrons. The summed E-state index contributed by atoms with van der Waals surface area (Å²) in [6.45, 7) is 0. The Morgan fingerprint density at radius 3 is 2.32 bits per heavy atom. The number of sulfonamides is 1. The van der Waals surface area contributed by atoms with Crippen LogP contribution in [0.2, 0.25) is 5.02 Å². The fraction of sp³-hybridized carbons (Fsp3) is 0. The molecule has 0 saturated carbocycles. The molecule has 8 nitrogen and oxygen atoms in total. The van der Waals surface area contributed by atoms with Crippen molar-refractivity contribution in [3.8, 4) is 0 Å². The minimum atomic E-state index is -4.36. The third kappa shape index (κ3) is 5.13. The van der Waals surface area contributed by atoms with Crippen LogP contribution in [-0.4, -0.2) is 19.6 Å². The Morgan fingerprint density at radius 1 is 1.00 bits per heavy atom. The van der Waals surface area contributed by atoms with Gasteiger partial charge in [0.15, 0.2) is 0 Å². The molecule has 0 aliphatic heterocycles. The minimum Gasteiger partial charge on any atom is -0.278 e. The van der Waals surface area contributed by atoms with Crippen molar-refractivity contribution in [1.29, 1.82) is 0 Å². The number of hydrogen-bond donors (Lipinski definition) is 2. The van der Waals surface area contributed by atoms with Gasteiger partial charge in [0.25, 0.3) is 15.7 Å². The molecular weight excluding hydrogens is 454 g/mol. The molecule has 0 aromatic heterocycles. The summed E-state index contributed by atoms with van der Waals surface area (Å²) in [6, 6.07) is 12.2. The summed E-state index contributed by atoms with van der Waals surface area (Å²) in [5.74, 6) is -1.75. The highest BCUT2D eigenvalue weighted by molar-refractivity contribution is 7.93. The Labute approximate surface area is 180 Å². The molecule has 0 amide bonds. The van der Waals surface area contributed by atoms with Crippen molar-refractivity contribution in [3.05, 3.63) is 93.0 Å². The number of nitro benzene ring substituents is 1. The number of non-ortho nitro benzene ring substituents is 1. The summed E-state index contributed by atoms with van der Waals surface area (Å²) in [5, 5.41) is 14.9. The Kier molecular flexibility index (Phi) is 6.47. The van der Waals surface area contributed by atoms with E-state index < -0.39 is 42.7 Å². The monoisotopic (exact) mass is 466 g/mol. The molecule has 0 fully saturated rings. The number of anilines is 2. The zero-order valence-electron chi connectivity index (χ0n) is 15.4. The Morgan fingerprint density at radius 2 is 1.68 bits per heavy atom. The number of para-hydroxylation sites is 1. The second-order valence-corrected chi connectivity index (χ2v) is 8.09. The van der Waals surface area contributed by atoms with Crippen LogP contribution >= 0.6 is 11.6 Å². The lowest BCUT2D eigenvalue weighted by Gasteiger charge is -2.13. The van der Waals surface area contributed by atoms with Gasteiger partial charge in [0.2, 0.25) is 0 Å². The number of halogens is 3. The normalized spacial score (nSPS) is 11.5. The molecule has 0 aliphatic carbocycles. The van der Waals surface area contributed by atoms with E-state index in [0.29, 0.717) is 0 Å². The molecule has 12 heteroatoms. The van der Waals surface area contributed by atoms with Crippen LogP contribution in [0.4, 0.5) is 25.8 Å². The maximum absolute atomic E-state index is 13.7. The summed E-state index contributed by atoms with van der Waals surface area (Å²) in [5.41, 5.74) is 1.30. The standard InChI is InChI=1S/C19H13ClF2N4O4S/c20-14-4-1-2-7-17(14)25-31(29,30)19-10-12(26(27)28)8-9-18(19)24-23-11-13-15(21)5-3-6-16(13)22/h1-11,24-25H. The number of hydrogen-bond acceptors (Lipinski definition) is 6. The van der Waals surface area contributed by atoms with E-state index in [1.165, 1.54) is 18.2 Å². The van der Waals surface area contributed by atoms with Crippen LogP contribution in [0.5, 0.6) is 0 Å². The molecule has 3 aromatic rings. The Bertz CT molecular complexity index is 1270. The average Bonchev–Trinajstić information content (AvgIpc) is 2.71. The largest absolute Gasteiger partial charge is 0.278 e. The first-order valence-electron chi connectivity index (χ1n) is 8.48. The van der Waals surface area contributed by atoms with Crippen LogP contribution < -0.4 is 10.1 Å². The van der Waals surface area contributed by atoms with Crippen LogP contribution in [0.1, 0.15) is 5.56 Å². The quantitative estimate of drug-likeness (QED) is 0.295. The zero-order valence-corrected chi connectivity index (χ0v) is 17.0. The van der Waals surface area contributed by atoms with Crippen LogP contribution in [0.3, 0.4) is 0 Å². The average molecular weight is 467 g/mol. The number of nitrogens with zero attached hydrogens (tertiary/aromatic N) is 2. The van der Waals surface area contributed by atoms with Gasteiger partial charge in [0, 0.05) is 12.1 Å². The topological polar surface area (TPSA) is 114 Å². The SMILES string of the molecule is O=[N+]([O-])c1ccc(NN=Cc2c(F)cccc2F)c(S(=O)(=O)Nc2ccccc2Cl)c1. The summed E-state index contributed by atoms with van der Waals surface area (Å²) in [4.78, 5) is 9.83. The second kappa shape index (κ2) is 9.06. The molecule has 0 heterocycles. The molecule has 0 bridgehead atoms. The molecule has 2 N–H and O–H groups in total. The zero-order chi connectivity index (χ0) is 22.6. The first-order valence-corrected chi connectivity index (χ1v) is 10.3. The number of hydrazone groups is 1. The lowest BCUT2D eigenvalue weighted by atomic mass is 10.2. The van der Waals surface area contributed by atoms with E-state index >= 15 is 0 Å². The van der Waals surface area contributed by atoms with Crippen LogP contribution in [-0.2, 0) is 10.0 Å². The molecule has 3 rings (SSSR count). The second-order valence-electron chi connectivity index (χ2n) is 6.03. The Balaban J connectivity index is 1.99. The lowest BCUT2D eigenvalue weighted by Crippen LogP contribution is -2.15. The first kappa shape index (κ1) is 22.1. The highest BCUT2D eigenvalue weighted by Crippen LogP contribution is 2.30. The smallest absolute Gasteiger partial charge is 0.270 e. The summed E-state index contributed by atoms with van der Waals surface area (Å²) < 4.78 is 55.4. The van der Waals surface area contributed by atoms with Gasteiger partial charge in [0.1, 0.15) is 16.5 Å². The molecule has 0 unspecified atom stereocenters. The van der Waals surface area contributed by atoms with Gasteiger partial charge in [-0.3, -0.25) is 20.3 Å². The van der Waals surface area contributed by atoms with Crippen molar-refractivity contribution in [2.24, 2.45) is 5.10 Å². The van der Waals surface area contributed by atoms with Crippen molar-refractivity contribution in [2.75, 3.05) is 10.1 Å². The summed E-state index contributed by atoms with van der Waals surface area (Å²) >= 11 is 5.97. The first-order chi connectivity index (χ1) is 14.7. The highest BCUT2D eigenvalue weighted by atomic mass is 35.5. The third-order valence-corrected chi connectivity index (χ3v) is 5.70. The van der Waals surface area contributed by atoms with Crippen LogP contribution in [0.15, 0.2) is 70.7 Å². The van der Waals surface area contributed by atoms with Gasteiger partial charge in [-0.15, -0.1) is 0 Å². The van der Waals surface area contributed by atoms with Gasteiger partial charge in [-0.2, -0.15) is 5.10 Å². The lowest BCUT2D eigenvalue weighted by molar-refractivity contribution is -0.385. The highest BCUT2D eigenvalue weighted by Gasteiger charge is 2.23. The maximum atomic E-state index is 13.7. The minimum absolute atomic E-state index is 0.0542. The molecule has 0 saturated heterocycles. The molecule has 0 spiro atoms. The number of benzene rings is 3.